The number of carbonyl (C=O) groups is 2. The van der Waals surface area contributed by atoms with E-state index in [4.69, 9.17) is 9.47 Å². The molecule has 1 heterocycles. The third-order valence-corrected chi connectivity index (χ3v) is 3.57. The first-order valence-corrected chi connectivity index (χ1v) is 7.58. The number of hydrogen-bond acceptors (Lipinski definition) is 7. The second kappa shape index (κ2) is 9.78. The van der Waals surface area contributed by atoms with Crippen LogP contribution in [0.1, 0.15) is 20.3 Å². The van der Waals surface area contributed by atoms with E-state index in [9.17, 15) is 24.9 Å². The van der Waals surface area contributed by atoms with E-state index in [1.54, 1.807) is 0 Å². The molecule has 1 saturated heterocycles. The van der Waals surface area contributed by atoms with Crippen molar-refractivity contribution in [2.24, 2.45) is 0 Å². The molecule has 5 atom stereocenters. The van der Waals surface area contributed by atoms with E-state index in [1.165, 1.54) is 13.8 Å². The number of aliphatic hydroxyl groups is 3. The van der Waals surface area contributed by atoms with Gasteiger partial charge in [0.25, 0.3) is 0 Å². The zero-order chi connectivity index (χ0) is 17.4. The van der Waals surface area contributed by atoms with Gasteiger partial charge in [0.15, 0.2) is 0 Å². The molecular weight excluding hydrogens is 308 g/mol. The van der Waals surface area contributed by atoms with E-state index >= 15 is 0 Å². The molecule has 0 unspecified atom stereocenters. The minimum atomic E-state index is -1.28. The fourth-order valence-corrected chi connectivity index (χ4v) is 2.45. The molecule has 0 spiro atoms. The van der Waals surface area contributed by atoms with Crippen LogP contribution in [0.5, 0.6) is 0 Å². The normalized spacial score (nSPS) is 30.7. The Balaban J connectivity index is 2.49. The van der Waals surface area contributed by atoms with Crippen LogP contribution in [0, 0.1) is 0 Å². The molecule has 0 aliphatic carbocycles. The molecule has 9 nitrogen and oxygen atoms in total. The number of amides is 2. The second-order valence-corrected chi connectivity index (χ2v) is 5.49. The lowest BCUT2D eigenvalue weighted by molar-refractivity contribution is -0.198. The first-order valence-electron chi connectivity index (χ1n) is 7.58. The molecular formula is C14H26N2O7. The zero-order valence-electron chi connectivity index (χ0n) is 13.4. The standard InChI is InChI=1S/C14H26N2O7/c1-8(18)15-4-6-22-5-3-10-12(16-9(2)19)14(21)13(20)11(7-17)23-10/h10-14,17,20-21H,3-7H2,1-2H3,(H,15,18)(H,16,19)/t10-,11-,12+,13+,14-/m1/s1. The molecule has 0 aromatic heterocycles. The zero-order valence-corrected chi connectivity index (χ0v) is 13.4. The van der Waals surface area contributed by atoms with Crippen molar-refractivity contribution >= 4 is 11.8 Å². The van der Waals surface area contributed by atoms with Crippen LogP contribution in [0.2, 0.25) is 0 Å². The number of hydrogen-bond donors (Lipinski definition) is 5. The predicted molar refractivity (Wildman–Crippen MR) is 79.5 cm³/mol. The van der Waals surface area contributed by atoms with Crippen LogP contribution in [0.3, 0.4) is 0 Å². The molecule has 1 aliphatic rings. The van der Waals surface area contributed by atoms with Crippen LogP contribution >= 0.6 is 0 Å². The van der Waals surface area contributed by atoms with Gasteiger partial charge in [-0.05, 0) is 6.42 Å². The highest BCUT2D eigenvalue weighted by atomic mass is 16.5. The van der Waals surface area contributed by atoms with Gasteiger partial charge in [-0.15, -0.1) is 0 Å². The average Bonchev–Trinajstić information content (AvgIpc) is 2.48. The Labute approximate surface area is 135 Å². The Morgan fingerprint density at radius 1 is 1.09 bits per heavy atom. The minimum absolute atomic E-state index is 0.141. The molecule has 1 rings (SSSR count). The van der Waals surface area contributed by atoms with Crippen molar-refractivity contribution in [3.63, 3.8) is 0 Å². The Bertz CT molecular complexity index is 393. The highest BCUT2D eigenvalue weighted by molar-refractivity contribution is 5.73. The van der Waals surface area contributed by atoms with Gasteiger partial charge >= 0.3 is 0 Å². The number of rotatable bonds is 8. The lowest BCUT2D eigenvalue weighted by Gasteiger charge is -2.42. The van der Waals surface area contributed by atoms with Gasteiger partial charge in [-0.25, -0.2) is 0 Å². The first kappa shape index (κ1) is 19.8. The van der Waals surface area contributed by atoms with Crippen molar-refractivity contribution in [1.29, 1.82) is 0 Å². The van der Waals surface area contributed by atoms with Crippen LogP contribution in [0.15, 0.2) is 0 Å². The number of ether oxygens (including phenoxy) is 2. The summed E-state index contributed by atoms with van der Waals surface area (Å²) >= 11 is 0. The summed E-state index contributed by atoms with van der Waals surface area (Å²) in [6.07, 6.45) is -3.69. The van der Waals surface area contributed by atoms with Crippen molar-refractivity contribution in [2.45, 2.75) is 50.7 Å². The topological polar surface area (TPSA) is 137 Å². The molecule has 9 heteroatoms. The van der Waals surface area contributed by atoms with Crippen molar-refractivity contribution in [1.82, 2.24) is 10.6 Å². The van der Waals surface area contributed by atoms with Gasteiger partial charge in [-0.1, -0.05) is 0 Å². The molecule has 23 heavy (non-hydrogen) atoms. The quantitative estimate of drug-likeness (QED) is 0.310. The van der Waals surface area contributed by atoms with Gasteiger partial charge in [0.05, 0.1) is 25.4 Å². The summed E-state index contributed by atoms with van der Waals surface area (Å²) in [5, 5.41) is 34.3. The van der Waals surface area contributed by atoms with Gasteiger partial charge in [-0.2, -0.15) is 0 Å². The average molecular weight is 334 g/mol. The summed E-state index contributed by atoms with van der Waals surface area (Å²) in [7, 11) is 0. The largest absolute Gasteiger partial charge is 0.394 e. The van der Waals surface area contributed by atoms with Gasteiger partial charge in [-0.3, -0.25) is 9.59 Å². The maximum absolute atomic E-state index is 11.3. The lowest BCUT2D eigenvalue weighted by Crippen LogP contribution is -2.64. The van der Waals surface area contributed by atoms with Gasteiger partial charge < -0.3 is 35.4 Å². The maximum atomic E-state index is 11.3. The number of carbonyl (C=O) groups excluding carboxylic acids is 2. The van der Waals surface area contributed by atoms with Crippen LogP contribution in [-0.2, 0) is 19.1 Å². The summed E-state index contributed by atoms with van der Waals surface area (Å²) in [6.45, 7) is 3.27. The fraction of sp³-hybridized carbons (Fsp3) is 0.857. The number of nitrogens with one attached hydrogen (secondary N) is 2. The summed E-state index contributed by atoms with van der Waals surface area (Å²) in [5.41, 5.74) is 0. The van der Waals surface area contributed by atoms with Crippen LogP contribution in [-0.4, -0.2) is 84.0 Å². The highest BCUT2D eigenvalue weighted by Gasteiger charge is 2.44. The molecule has 0 radical (unpaired) electrons. The Kier molecular flexibility index (Phi) is 8.42. The van der Waals surface area contributed by atoms with E-state index in [2.05, 4.69) is 10.6 Å². The highest BCUT2D eigenvalue weighted by Crippen LogP contribution is 2.23. The predicted octanol–water partition coefficient (Wildman–Crippen LogP) is -2.48. The Morgan fingerprint density at radius 3 is 2.35 bits per heavy atom. The Hall–Kier alpha value is -1.26. The first-order chi connectivity index (χ1) is 10.9. The molecule has 134 valence electrons. The van der Waals surface area contributed by atoms with Crippen molar-refractivity contribution in [3.8, 4) is 0 Å². The SMILES string of the molecule is CC(=O)NCCOCC[C@H]1O[C@H](CO)[C@H](O)[C@H](O)[C@H]1NC(C)=O. The molecule has 2 amide bonds. The van der Waals surface area contributed by atoms with Crippen molar-refractivity contribution in [2.75, 3.05) is 26.4 Å². The van der Waals surface area contributed by atoms with Crippen LogP contribution < -0.4 is 10.6 Å². The van der Waals surface area contributed by atoms with E-state index in [1.807, 2.05) is 0 Å². The second-order valence-electron chi connectivity index (χ2n) is 5.49. The van der Waals surface area contributed by atoms with Crippen LogP contribution in [0.4, 0.5) is 0 Å². The fourth-order valence-electron chi connectivity index (χ4n) is 2.45. The molecule has 0 bridgehead atoms. The van der Waals surface area contributed by atoms with E-state index in [-0.39, 0.29) is 18.4 Å². The van der Waals surface area contributed by atoms with Crippen LogP contribution in [0.25, 0.3) is 0 Å². The van der Waals surface area contributed by atoms with Gasteiger partial charge in [0.2, 0.25) is 11.8 Å². The van der Waals surface area contributed by atoms with Gasteiger partial charge in [0, 0.05) is 27.0 Å². The summed E-state index contributed by atoms with van der Waals surface area (Å²) in [4.78, 5) is 22.0. The monoisotopic (exact) mass is 334 g/mol. The number of aliphatic hydroxyl groups excluding tert-OH is 3. The lowest BCUT2D eigenvalue weighted by atomic mass is 9.91. The van der Waals surface area contributed by atoms with E-state index < -0.39 is 37.1 Å². The van der Waals surface area contributed by atoms with Crippen molar-refractivity contribution < 1.29 is 34.4 Å². The van der Waals surface area contributed by atoms with E-state index in [0.29, 0.717) is 19.6 Å². The molecule has 0 aromatic rings. The Morgan fingerprint density at radius 2 is 1.78 bits per heavy atom. The van der Waals surface area contributed by atoms with Crippen molar-refractivity contribution in [3.05, 3.63) is 0 Å². The molecule has 0 saturated carbocycles. The molecule has 1 aliphatic heterocycles. The third kappa shape index (κ3) is 6.40. The van der Waals surface area contributed by atoms with Gasteiger partial charge in [0.1, 0.15) is 18.3 Å². The maximum Gasteiger partial charge on any atom is 0.217 e. The van der Waals surface area contributed by atoms with E-state index in [0.717, 1.165) is 0 Å². The molecule has 5 N–H and O–H groups in total. The molecule has 0 aromatic carbocycles. The summed E-state index contributed by atoms with van der Waals surface area (Å²) < 4.78 is 10.9. The third-order valence-electron chi connectivity index (χ3n) is 3.57. The molecule has 1 fully saturated rings. The minimum Gasteiger partial charge on any atom is -0.394 e. The smallest absolute Gasteiger partial charge is 0.217 e. The summed E-state index contributed by atoms with van der Waals surface area (Å²) in [6, 6.07) is -0.788. The summed E-state index contributed by atoms with van der Waals surface area (Å²) in [5.74, 6) is -0.498.